The van der Waals surface area contributed by atoms with Crippen molar-refractivity contribution in [3.05, 3.63) is 29.8 Å². The van der Waals surface area contributed by atoms with Crippen molar-refractivity contribution >= 4 is 5.97 Å². The fraction of sp³-hybridized carbons (Fsp3) is 0.462. The lowest BCUT2D eigenvalue weighted by atomic mass is 9.88. The molecule has 1 aromatic carbocycles. The maximum Gasteiger partial charge on any atom is 0.341 e. The van der Waals surface area contributed by atoms with Crippen molar-refractivity contribution in [2.45, 2.75) is 27.2 Å². The molecule has 0 saturated heterocycles. The molecule has 0 bridgehead atoms. The molecular formula is C13H18O3. The Morgan fingerprint density at radius 1 is 1.31 bits per heavy atom. The second-order valence-electron chi connectivity index (χ2n) is 5.03. The topological polar surface area (TPSA) is 46.5 Å². The Morgan fingerprint density at radius 2 is 1.94 bits per heavy atom. The predicted octanol–water partition coefficient (Wildman–Crippen LogP) is 2.74. The average molecular weight is 222 g/mol. The third-order valence-corrected chi connectivity index (χ3v) is 2.04. The molecule has 0 unspecified atom stereocenters. The number of aliphatic carboxylic acids is 1. The zero-order valence-corrected chi connectivity index (χ0v) is 9.99. The molecule has 0 heterocycles. The number of hydrogen-bond donors (Lipinski definition) is 1. The first-order chi connectivity index (χ1) is 7.38. The number of para-hydroxylation sites is 1. The van der Waals surface area contributed by atoms with E-state index in [2.05, 4.69) is 20.8 Å². The van der Waals surface area contributed by atoms with Crippen LogP contribution in [-0.2, 0) is 11.2 Å². The van der Waals surface area contributed by atoms with Crippen LogP contribution in [0.5, 0.6) is 5.75 Å². The summed E-state index contributed by atoms with van der Waals surface area (Å²) in [6.07, 6.45) is 0.864. The van der Waals surface area contributed by atoms with Crippen LogP contribution in [0.2, 0.25) is 0 Å². The maximum absolute atomic E-state index is 10.4. The standard InChI is InChI=1S/C13H18O3/c1-13(2,3)8-10-6-4-5-7-11(10)16-9-12(14)15/h4-7H,8-9H2,1-3H3,(H,14,15). The van der Waals surface area contributed by atoms with Crippen LogP contribution in [0.4, 0.5) is 0 Å². The van der Waals surface area contributed by atoms with E-state index in [0.29, 0.717) is 5.75 Å². The van der Waals surface area contributed by atoms with Gasteiger partial charge in [-0.15, -0.1) is 0 Å². The zero-order chi connectivity index (χ0) is 12.2. The lowest BCUT2D eigenvalue weighted by molar-refractivity contribution is -0.139. The SMILES string of the molecule is CC(C)(C)Cc1ccccc1OCC(=O)O. The number of benzene rings is 1. The van der Waals surface area contributed by atoms with Crippen LogP contribution in [-0.4, -0.2) is 17.7 Å². The van der Waals surface area contributed by atoms with E-state index in [-0.39, 0.29) is 12.0 Å². The van der Waals surface area contributed by atoms with E-state index in [0.717, 1.165) is 12.0 Å². The van der Waals surface area contributed by atoms with Crippen LogP contribution in [0.15, 0.2) is 24.3 Å². The van der Waals surface area contributed by atoms with E-state index < -0.39 is 5.97 Å². The van der Waals surface area contributed by atoms with Crippen molar-refractivity contribution in [1.82, 2.24) is 0 Å². The monoisotopic (exact) mass is 222 g/mol. The highest BCUT2D eigenvalue weighted by Gasteiger charge is 2.14. The number of carboxylic acid groups (broad SMARTS) is 1. The molecule has 0 aliphatic carbocycles. The Hall–Kier alpha value is -1.51. The third-order valence-electron chi connectivity index (χ3n) is 2.04. The molecule has 1 aromatic rings. The third kappa shape index (κ3) is 4.34. The molecule has 0 atom stereocenters. The van der Waals surface area contributed by atoms with Crippen LogP contribution in [0.1, 0.15) is 26.3 Å². The zero-order valence-electron chi connectivity index (χ0n) is 9.99. The van der Waals surface area contributed by atoms with Crippen LogP contribution in [0, 0.1) is 5.41 Å². The molecule has 3 nitrogen and oxygen atoms in total. The van der Waals surface area contributed by atoms with Gasteiger partial charge in [0.15, 0.2) is 6.61 Å². The Bertz CT molecular complexity index is 364. The minimum atomic E-state index is -0.953. The van der Waals surface area contributed by atoms with Gasteiger partial charge < -0.3 is 9.84 Å². The summed E-state index contributed by atoms with van der Waals surface area (Å²) in [4.78, 5) is 10.4. The van der Waals surface area contributed by atoms with Crippen molar-refractivity contribution in [2.24, 2.45) is 5.41 Å². The van der Waals surface area contributed by atoms with Crippen molar-refractivity contribution in [3.63, 3.8) is 0 Å². The summed E-state index contributed by atoms with van der Waals surface area (Å²) >= 11 is 0. The summed E-state index contributed by atoms with van der Waals surface area (Å²) in [6, 6.07) is 7.57. The van der Waals surface area contributed by atoms with Crippen LogP contribution >= 0.6 is 0 Å². The molecule has 16 heavy (non-hydrogen) atoms. The minimum Gasteiger partial charge on any atom is -0.482 e. The van der Waals surface area contributed by atoms with Gasteiger partial charge in [0.05, 0.1) is 0 Å². The molecule has 3 heteroatoms. The van der Waals surface area contributed by atoms with Crippen LogP contribution < -0.4 is 4.74 Å². The van der Waals surface area contributed by atoms with Crippen LogP contribution in [0.25, 0.3) is 0 Å². The van der Waals surface area contributed by atoms with E-state index in [1.165, 1.54) is 0 Å². The first-order valence-electron chi connectivity index (χ1n) is 5.31. The molecule has 0 radical (unpaired) electrons. The fourth-order valence-electron chi connectivity index (χ4n) is 1.50. The molecule has 0 aromatic heterocycles. The largest absolute Gasteiger partial charge is 0.482 e. The van der Waals surface area contributed by atoms with Gasteiger partial charge in [0.2, 0.25) is 0 Å². The summed E-state index contributed by atoms with van der Waals surface area (Å²) in [5.74, 6) is -0.287. The molecule has 1 rings (SSSR count). The first kappa shape index (κ1) is 12.6. The van der Waals surface area contributed by atoms with E-state index >= 15 is 0 Å². The average Bonchev–Trinajstić information content (AvgIpc) is 2.14. The first-order valence-corrected chi connectivity index (χ1v) is 5.31. The fourth-order valence-corrected chi connectivity index (χ4v) is 1.50. The normalized spacial score (nSPS) is 11.2. The Morgan fingerprint density at radius 3 is 2.50 bits per heavy atom. The van der Waals surface area contributed by atoms with E-state index in [9.17, 15) is 4.79 Å². The molecule has 0 amide bonds. The minimum absolute atomic E-state index is 0.155. The highest BCUT2D eigenvalue weighted by atomic mass is 16.5. The van der Waals surface area contributed by atoms with E-state index in [1.807, 2.05) is 24.3 Å². The number of carbonyl (C=O) groups is 1. The molecule has 0 spiro atoms. The summed E-state index contributed by atoms with van der Waals surface area (Å²) < 4.78 is 5.24. The molecule has 0 saturated carbocycles. The molecule has 0 aliphatic heterocycles. The number of rotatable bonds is 4. The molecular weight excluding hydrogens is 204 g/mol. The summed E-state index contributed by atoms with van der Waals surface area (Å²) in [7, 11) is 0. The lowest BCUT2D eigenvalue weighted by Crippen LogP contribution is -2.13. The number of carboxylic acids is 1. The van der Waals surface area contributed by atoms with Gasteiger partial charge in [0.1, 0.15) is 5.75 Å². The number of hydrogen-bond acceptors (Lipinski definition) is 2. The van der Waals surface area contributed by atoms with Gasteiger partial charge >= 0.3 is 5.97 Å². The van der Waals surface area contributed by atoms with E-state index in [4.69, 9.17) is 9.84 Å². The van der Waals surface area contributed by atoms with Crippen molar-refractivity contribution in [2.75, 3.05) is 6.61 Å². The second kappa shape index (κ2) is 5.01. The smallest absolute Gasteiger partial charge is 0.341 e. The molecule has 0 aliphatic rings. The second-order valence-corrected chi connectivity index (χ2v) is 5.03. The van der Waals surface area contributed by atoms with E-state index in [1.54, 1.807) is 0 Å². The van der Waals surface area contributed by atoms with Gasteiger partial charge in [-0.05, 0) is 23.5 Å². The van der Waals surface area contributed by atoms with Gasteiger partial charge in [0.25, 0.3) is 0 Å². The van der Waals surface area contributed by atoms with Gasteiger partial charge in [-0.2, -0.15) is 0 Å². The highest BCUT2D eigenvalue weighted by Crippen LogP contribution is 2.27. The Balaban J connectivity index is 2.79. The van der Waals surface area contributed by atoms with Crippen molar-refractivity contribution in [1.29, 1.82) is 0 Å². The Kier molecular flexibility index (Phi) is 3.93. The summed E-state index contributed by atoms with van der Waals surface area (Å²) in [5, 5.41) is 8.57. The van der Waals surface area contributed by atoms with Gasteiger partial charge in [-0.1, -0.05) is 39.0 Å². The summed E-state index contributed by atoms with van der Waals surface area (Å²) in [6.45, 7) is 6.13. The Labute approximate surface area is 96.1 Å². The molecule has 88 valence electrons. The van der Waals surface area contributed by atoms with Gasteiger partial charge in [0, 0.05) is 0 Å². The van der Waals surface area contributed by atoms with Gasteiger partial charge in [-0.25, -0.2) is 4.79 Å². The predicted molar refractivity (Wildman–Crippen MR) is 62.7 cm³/mol. The highest BCUT2D eigenvalue weighted by molar-refractivity contribution is 5.68. The molecule has 1 N–H and O–H groups in total. The van der Waals surface area contributed by atoms with Gasteiger partial charge in [-0.3, -0.25) is 0 Å². The van der Waals surface area contributed by atoms with Crippen molar-refractivity contribution in [3.8, 4) is 5.75 Å². The number of ether oxygens (including phenoxy) is 1. The summed E-state index contributed by atoms with van der Waals surface area (Å²) in [5.41, 5.74) is 1.21. The quantitative estimate of drug-likeness (QED) is 0.852. The lowest BCUT2D eigenvalue weighted by Gasteiger charge is -2.20. The molecule has 0 fully saturated rings. The van der Waals surface area contributed by atoms with Crippen molar-refractivity contribution < 1.29 is 14.6 Å². The maximum atomic E-state index is 10.4. The van der Waals surface area contributed by atoms with Crippen LogP contribution in [0.3, 0.4) is 0 Å².